The average molecular weight is 414 g/mol. The minimum absolute atomic E-state index is 0.133. The zero-order chi connectivity index (χ0) is 20.6. The number of hydrogen-bond donors (Lipinski definition) is 1. The summed E-state index contributed by atoms with van der Waals surface area (Å²) in [5.41, 5.74) is 2.27. The Morgan fingerprint density at radius 1 is 1.31 bits per heavy atom. The zero-order valence-electron chi connectivity index (χ0n) is 15.5. The minimum Gasteiger partial charge on any atom is -0.497 e. The van der Waals surface area contributed by atoms with E-state index in [1.54, 1.807) is 6.20 Å². The van der Waals surface area contributed by atoms with Crippen molar-refractivity contribution in [1.82, 2.24) is 14.3 Å². The number of benzene rings is 1. The van der Waals surface area contributed by atoms with Gasteiger partial charge < -0.3 is 9.72 Å². The van der Waals surface area contributed by atoms with Gasteiger partial charge in [-0.3, -0.25) is 10.1 Å². The van der Waals surface area contributed by atoms with Crippen molar-refractivity contribution in [1.29, 1.82) is 0 Å². The minimum atomic E-state index is -4.03. The van der Waals surface area contributed by atoms with Gasteiger partial charge in [-0.05, 0) is 36.3 Å². The summed E-state index contributed by atoms with van der Waals surface area (Å²) in [6.45, 7) is 0.359. The number of pyridine rings is 1. The largest absolute Gasteiger partial charge is 0.497 e. The Morgan fingerprint density at radius 3 is 2.83 bits per heavy atom. The van der Waals surface area contributed by atoms with Crippen LogP contribution in [-0.2, 0) is 10.0 Å². The van der Waals surface area contributed by atoms with E-state index in [0.717, 1.165) is 28.2 Å². The number of nitrogens with zero attached hydrogens (tertiary/aromatic N) is 3. The first-order chi connectivity index (χ1) is 13.9. The molecule has 0 saturated heterocycles. The molecule has 0 amide bonds. The van der Waals surface area contributed by atoms with Crippen LogP contribution in [0.4, 0.5) is 5.69 Å². The fraction of sp³-hybridized carbons (Fsp3) is 0.211. The van der Waals surface area contributed by atoms with E-state index in [-0.39, 0.29) is 23.7 Å². The van der Waals surface area contributed by atoms with E-state index in [2.05, 4.69) is 9.97 Å². The highest BCUT2D eigenvalue weighted by Gasteiger charge is 2.33. The molecule has 0 saturated carbocycles. The molecular formula is C19H18N4O5S. The average Bonchev–Trinajstić information content (AvgIpc) is 3.17. The number of methoxy groups -OCH3 is 1. The smallest absolute Gasteiger partial charge is 0.293 e. The van der Waals surface area contributed by atoms with Crippen molar-refractivity contribution < 1.29 is 18.1 Å². The van der Waals surface area contributed by atoms with E-state index in [0.29, 0.717) is 6.42 Å². The van der Waals surface area contributed by atoms with Gasteiger partial charge in [0.25, 0.3) is 5.69 Å². The molecule has 29 heavy (non-hydrogen) atoms. The number of aromatic amines is 1. The van der Waals surface area contributed by atoms with Crippen molar-refractivity contribution in [3.63, 3.8) is 0 Å². The molecule has 1 N–H and O–H groups in total. The number of H-pyrrole nitrogens is 1. The summed E-state index contributed by atoms with van der Waals surface area (Å²) >= 11 is 0. The van der Waals surface area contributed by atoms with Gasteiger partial charge in [0.15, 0.2) is 4.90 Å². The third kappa shape index (κ3) is 3.36. The summed E-state index contributed by atoms with van der Waals surface area (Å²) in [4.78, 5) is 17.7. The van der Waals surface area contributed by atoms with Crippen molar-refractivity contribution in [3.05, 3.63) is 64.5 Å². The van der Waals surface area contributed by atoms with E-state index in [9.17, 15) is 18.5 Å². The second-order valence-corrected chi connectivity index (χ2v) is 8.44. The summed E-state index contributed by atoms with van der Waals surface area (Å²) in [6.07, 6.45) is 5.90. The Morgan fingerprint density at radius 2 is 2.14 bits per heavy atom. The molecule has 1 aromatic carbocycles. The first-order valence-corrected chi connectivity index (χ1v) is 10.3. The second-order valence-electron chi connectivity index (χ2n) is 6.54. The predicted molar refractivity (Wildman–Crippen MR) is 107 cm³/mol. The number of fused-ring (bicyclic) bond motifs is 1. The standard InChI is InChI=1S/C19H18N4O5S/c1-28-14-4-5-18(17(11-14)23(24)25)29(26,27)22-9-6-13(7-10-22)16-12-21-19-15(16)3-2-8-20-19/h2-6,8,11-12H,7,9-10H2,1H3,(H,20,21). The van der Waals surface area contributed by atoms with E-state index in [1.165, 1.54) is 23.5 Å². The van der Waals surface area contributed by atoms with Gasteiger partial charge in [0.2, 0.25) is 10.0 Å². The van der Waals surface area contributed by atoms with Crippen molar-refractivity contribution in [2.75, 3.05) is 20.2 Å². The second kappa shape index (κ2) is 7.30. The van der Waals surface area contributed by atoms with Gasteiger partial charge in [0.1, 0.15) is 11.4 Å². The van der Waals surface area contributed by atoms with E-state index in [4.69, 9.17) is 4.74 Å². The zero-order valence-corrected chi connectivity index (χ0v) is 16.3. The Bertz CT molecular complexity index is 1230. The quantitative estimate of drug-likeness (QED) is 0.506. The Kier molecular flexibility index (Phi) is 4.81. The highest BCUT2D eigenvalue weighted by atomic mass is 32.2. The first-order valence-electron chi connectivity index (χ1n) is 8.86. The molecule has 150 valence electrons. The fourth-order valence-electron chi connectivity index (χ4n) is 3.46. The molecule has 0 bridgehead atoms. The van der Waals surface area contributed by atoms with Crippen LogP contribution in [0.25, 0.3) is 16.6 Å². The Hall–Kier alpha value is -3.24. The highest BCUT2D eigenvalue weighted by Crippen LogP contribution is 2.34. The van der Waals surface area contributed by atoms with Crippen LogP contribution in [0.2, 0.25) is 0 Å². The summed E-state index contributed by atoms with van der Waals surface area (Å²) in [6, 6.07) is 7.55. The topological polar surface area (TPSA) is 118 Å². The molecule has 0 unspecified atom stereocenters. The van der Waals surface area contributed by atoms with Gasteiger partial charge in [-0.15, -0.1) is 0 Å². The van der Waals surface area contributed by atoms with Gasteiger partial charge >= 0.3 is 0 Å². The molecule has 3 heterocycles. The maximum Gasteiger partial charge on any atom is 0.293 e. The van der Waals surface area contributed by atoms with Crippen LogP contribution >= 0.6 is 0 Å². The van der Waals surface area contributed by atoms with E-state index < -0.39 is 20.6 Å². The van der Waals surface area contributed by atoms with Crippen molar-refractivity contribution in [2.45, 2.75) is 11.3 Å². The van der Waals surface area contributed by atoms with Crippen LogP contribution in [-0.4, -0.2) is 47.8 Å². The molecule has 1 aliphatic rings. The molecule has 2 aromatic heterocycles. The van der Waals surface area contributed by atoms with Crippen molar-refractivity contribution >= 4 is 32.3 Å². The summed E-state index contributed by atoms with van der Waals surface area (Å²) in [5, 5.41) is 12.4. The Labute approximate surface area is 166 Å². The highest BCUT2D eigenvalue weighted by molar-refractivity contribution is 7.89. The molecule has 10 heteroatoms. The number of sulfonamides is 1. The van der Waals surface area contributed by atoms with Crippen LogP contribution < -0.4 is 4.74 Å². The number of rotatable bonds is 5. The molecule has 3 aromatic rings. The number of nitro groups is 1. The molecular weight excluding hydrogens is 396 g/mol. The molecule has 4 rings (SSSR count). The maximum absolute atomic E-state index is 13.1. The fourth-order valence-corrected chi connectivity index (χ4v) is 4.98. The normalized spacial score (nSPS) is 15.3. The van der Waals surface area contributed by atoms with Crippen molar-refractivity contribution in [2.24, 2.45) is 0 Å². The van der Waals surface area contributed by atoms with Gasteiger partial charge in [-0.1, -0.05) is 6.08 Å². The lowest BCUT2D eigenvalue weighted by atomic mass is 10.0. The molecule has 0 fully saturated rings. The van der Waals surface area contributed by atoms with Crippen LogP contribution in [0.15, 0.2) is 53.7 Å². The SMILES string of the molecule is COc1ccc(S(=O)(=O)N2CC=C(c3c[nH]c4ncccc34)CC2)c([N+](=O)[O-])c1. The first kappa shape index (κ1) is 19.1. The van der Waals surface area contributed by atoms with Crippen LogP contribution in [0, 0.1) is 10.1 Å². The lowest BCUT2D eigenvalue weighted by Gasteiger charge is -2.25. The summed E-state index contributed by atoms with van der Waals surface area (Å²) in [5.74, 6) is 0.226. The van der Waals surface area contributed by atoms with Gasteiger partial charge in [-0.2, -0.15) is 4.31 Å². The van der Waals surface area contributed by atoms with Crippen LogP contribution in [0.1, 0.15) is 12.0 Å². The van der Waals surface area contributed by atoms with Gasteiger partial charge in [0.05, 0.1) is 18.1 Å². The molecule has 1 aliphatic heterocycles. The predicted octanol–water partition coefficient (Wildman–Crippen LogP) is 2.96. The number of hydrogen-bond acceptors (Lipinski definition) is 6. The van der Waals surface area contributed by atoms with Crippen LogP contribution in [0.5, 0.6) is 5.75 Å². The van der Waals surface area contributed by atoms with E-state index >= 15 is 0 Å². The lowest BCUT2D eigenvalue weighted by molar-refractivity contribution is -0.387. The third-order valence-electron chi connectivity index (χ3n) is 4.95. The third-order valence-corrected chi connectivity index (χ3v) is 6.86. The van der Waals surface area contributed by atoms with Crippen LogP contribution in [0.3, 0.4) is 0 Å². The van der Waals surface area contributed by atoms with Gasteiger partial charge in [0, 0.05) is 36.4 Å². The lowest BCUT2D eigenvalue weighted by Crippen LogP contribution is -2.35. The Balaban J connectivity index is 1.65. The molecule has 9 nitrogen and oxygen atoms in total. The van der Waals surface area contributed by atoms with Crippen molar-refractivity contribution in [3.8, 4) is 5.75 Å². The molecule has 0 spiro atoms. The number of nitro benzene ring substituents is 1. The summed E-state index contributed by atoms with van der Waals surface area (Å²) < 4.78 is 32.3. The van der Waals surface area contributed by atoms with E-state index in [1.807, 2.05) is 24.4 Å². The molecule has 0 aliphatic carbocycles. The monoisotopic (exact) mass is 414 g/mol. The molecule has 0 radical (unpaired) electrons. The number of nitrogens with one attached hydrogen (secondary N) is 1. The summed E-state index contributed by atoms with van der Waals surface area (Å²) in [7, 11) is -2.66. The number of aromatic nitrogens is 2. The maximum atomic E-state index is 13.1. The molecule has 0 atom stereocenters. The van der Waals surface area contributed by atoms with Gasteiger partial charge in [-0.25, -0.2) is 13.4 Å². The number of ether oxygens (including phenoxy) is 1.